The monoisotopic (exact) mass is 413 g/mol. The number of fused-ring (bicyclic) bond motifs is 1. The van der Waals surface area contributed by atoms with E-state index in [1.54, 1.807) is 4.90 Å². The number of pyridine rings is 1. The summed E-state index contributed by atoms with van der Waals surface area (Å²) in [6, 6.07) is 9.65. The first-order valence-corrected chi connectivity index (χ1v) is 9.33. The van der Waals surface area contributed by atoms with Crippen molar-refractivity contribution in [3.63, 3.8) is 0 Å². The molecule has 0 bridgehead atoms. The molecule has 6 nitrogen and oxygen atoms in total. The van der Waals surface area contributed by atoms with Gasteiger partial charge >= 0.3 is 6.18 Å². The molecule has 0 spiro atoms. The van der Waals surface area contributed by atoms with E-state index in [0.717, 1.165) is 29.5 Å². The fourth-order valence-corrected chi connectivity index (χ4v) is 3.50. The number of alkyl halides is 3. The molecule has 30 heavy (non-hydrogen) atoms. The largest absolute Gasteiger partial charge is 0.417 e. The third kappa shape index (κ3) is 3.83. The van der Waals surface area contributed by atoms with Crippen LogP contribution in [0.2, 0.25) is 0 Å². The Labute approximate surface area is 170 Å². The molecule has 1 saturated heterocycles. The van der Waals surface area contributed by atoms with Crippen LogP contribution in [0.25, 0.3) is 22.2 Å². The molecule has 4 rings (SSSR count). The first-order chi connectivity index (χ1) is 14.4. The minimum atomic E-state index is -4.45. The number of aromatic nitrogens is 3. The molecule has 3 aromatic rings. The van der Waals surface area contributed by atoms with Gasteiger partial charge in [-0.15, -0.1) is 10.2 Å². The number of hydrogen-bond donors (Lipinski definition) is 1. The maximum absolute atomic E-state index is 12.8. The number of rotatable bonds is 4. The molecule has 0 aliphatic carbocycles. The fourth-order valence-electron chi connectivity index (χ4n) is 3.50. The summed E-state index contributed by atoms with van der Waals surface area (Å²) in [5.74, 6) is 0.443. The van der Waals surface area contributed by atoms with Crippen molar-refractivity contribution in [1.82, 2.24) is 20.1 Å². The van der Waals surface area contributed by atoms with E-state index in [1.807, 2.05) is 24.3 Å². The number of carbonyl (C=O) groups excluding carboxylic acids is 1. The van der Waals surface area contributed by atoms with Crippen molar-refractivity contribution in [2.24, 2.45) is 0 Å². The lowest BCUT2D eigenvalue weighted by molar-refractivity contribution is -0.137. The predicted molar refractivity (Wildman–Crippen MR) is 107 cm³/mol. The van der Waals surface area contributed by atoms with E-state index in [2.05, 4.69) is 27.1 Å². The first-order valence-electron chi connectivity index (χ1n) is 9.33. The molecule has 1 aliphatic heterocycles. The van der Waals surface area contributed by atoms with Gasteiger partial charge in [0.1, 0.15) is 5.69 Å². The quantitative estimate of drug-likeness (QED) is 0.657. The average Bonchev–Trinajstić information content (AvgIpc) is 3.21. The number of nitrogens with zero attached hydrogens (tertiary/aromatic N) is 4. The maximum Gasteiger partial charge on any atom is 0.417 e. The van der Waals surface area contributed by atoms with E-state index >= 15 is 0 Å². The fraction of sp³-hybridized carbons (Fsp3) is 0.238. The molecule has 1 N–H and O–H groups in total. The van der Waals surface area contributed by atoms with E-state index in [0.29, 0.717) is 30.3 Å². The molecule has 3 heterocycles. The molecule has 154 valence electrons. The average molecular weight is 413 g/mol. The summed E-state index contributed by atoms with van der Waals surface area (Å²) >= 11 is 0. The van der Waals surface area contributed by atoms with Gasteiger partial charge in [0, 0.05) is 36.1 Å². The van der Waals surface area contributed by atoms with Crippen LogP contribution in [-0.2, 0) is 11.0 Å². The molecule has 0 radical (unpaired) electrons. The molecule has 1 fully saturated rings. The zero-order chi connectivity index (χ0) is 21.3. The first kappa shape index (κ1) is 19.8. The van der Waals surface area contributed by atoms with Crippen molar-refractivity contribution in [2.75, 3.05) is 18.4 Å². The number of benzene rings is 1. The second kappa shape index (κ2) is 7.74. The van der Waals surface area contributed by atoms with Crippen molar-refractivity contribution in [1.29, 1.82) is 0 Å². The number of amides is 1. The Balaban J connectivity index is 1.64. The van der Waals surface area contributed by atoms with Crippen LogP contribution < -0.4 is 5.32 Å². The van der Waals surface area contributed by atoms with Gasteiger partial charge in [-0.1, -0.05) is 30.8 Å². The minimum Gasteiger partial charge on any atom is -0.363 e. The summed E-state index contributed by atoms with van der Waals surface area (Å²) in [6.45, 7) is 4.67. The zero-order valence-electron chi connectivity index (χ0n) is 15.9. The lowest BCUT2D eigenvalue weighted by atomic mass is 10.1. The van der Waals surface area contributed by atoms with Crippen molar-refractivity contribution in [3.8, 4) is 11.4 Å². The Hall–Kier alpha value is -3.49. The van der Waals surface area contributed by atoms with E-state index in [1.165, 1.54) is 12.1 Å². The van der Waals surface area contributed by atoms with Crippen LogP contribution >= 0.6 is 0 Å². The van der Waals surface area contributed by atoms with Gasteiger partial charge in [0.25, 0.3) is 0 Å². The van der Waals surface area contributed by atoms with Crippen LogP contribution in [0.1, 0.15) is 12.0 Å². The minimum absolute atomic E-state index is 0.0154. The van der Waals surface area contributed by atoms with Gasteiger partial charge in [0.05, 0.1) is 11.3 Å². The third-order valence-electron chi connectivity index (χ3n) is 5.04. The number of carbonyl (C=O) groups is 1. The summed E-state index contributed by atoms with van der Waals surface area (Å²) in [5, 5.41) is 13.3. The highest BCUT2D eigenvalue weighted by molar-refractivity contribution is 5.99. The highest BCUT2D eigenvalue weighted by Gasteiger charge is 2.31. The van der Waals surface area contributed by atoms with Crippen molar-refractivity contribution in [3.05, 3.63) is 60.8 Å². The number of anilines is 1. The Kier molecular flexibility index (Phi) is 5.11. The Bertz CT molecular complexity index is 1100. The number of nitrogens with one attached hydrogen (secondary N) is 1. The van der Waals surface area contributed by atoms with Gasteiger partial charge in [-0.2, -0.15) is 13.2 Å². The van der Waals surface area contributed by atoms with Gasteiger partial charge in [-0.05, 0) is 24.6 Å². The molecule has 1 amide bonds. The molecule has 1 unspecified atom stereocenters. The van der Waals surface area contributed by atoms with E-state index in [9.17, 15) is 18.0 Å². The van der Waals surface area contributed by atoms with Crippen LogP contribution in [0.15, 0.2) is 55.3 Å². The molecule has 2 aromatic heterocycles. The van der Waals surface area contributed by atoms with E-state index in [-0.39, 0.29) is 11.9 Å². The normalized spacial score (nSPS) is 16.6. The van der Waals surface area contributed by atoms with Gasteiger partial charge in [0.15, 0.2) is 5.82 Å². The molecule has 9 heteroatoms. The molecule has 0 saturated carbocycles. The molecular formula is C21H18F3N5O. The lowest BCUT2D eigenvalue weighted by Crippen LogP contribution is -2.30. The second-order valence-electron chi connectivity index (χ2n) is 6.99. The SMILES string of the molecule is C=CC(=O)N1CCC(Nc2nnc(-c3ccc(C(F)(F)F)cn3)c3ccccc23)C1. The highest BCUT2D eigenvalue weighted by atomic mass is 19.4. The van der Waals surface area contributed by atoms with E-state index in [4.69, 9.17) is 0 Å². The molecular weight excluding hydrogens is 395 g/mol. The molecule has 1 aliphatic rings. The summed E-state index contributed by atoms with van der Waals surface area (Å²) in [6.07, 6.45) is -1.60. The summed E-state index contributed by atoms with van der Waals surface area (Å²) in [7, 11) is 0. The van der Waals surface area contributed by atoms with Crippen LogP contribution in [0, 0.1) is 0 Å². The maximum atomic E-state index is 12.8. The predicted octanol–water partition coefficient (Wildman–Crippen LogP) is 3.91. The van der Waals surface area contributed by atoms with Crippen molar-refractivity contribution in [2.45, 2.75) is 18.6 Å². The number of hydrogen-bond acceptors (Lipinski definition) is 5. The summed E-state index contributed by atoms with van der Waals surface area (Å²) in [5.41, 5.74) is -0.108. The van der Waals surface area contributed by atoms with Crippen molar-refractivity contribution < 1.29 is 18.0 Å². The van der Waals surface area contributed by atoms with E-state index < -0.39 is 11.7 Å². The number of likely N-dealkylation sites (tertiary alicyclic amines) is 1. The number of halogens is 3. The Morgan fingerprint density at radius 2 is 1.93 bits per heavy atom. The smallest absolute Gasteiger partial charge is 0.363 e. The van der Waals surface area contributed by atoms with Crippen LogP contribution in [-0.4, -0.2) is 45.1 Å². The highest BCUT2D eigenvalue weighted by Crippen LogP contribution is 2.32. The van der Waals surface area contributed by atoms with Gasteiger partial charge in [0.2, 0.25) is 5.91 Å². The standard InChI is InChI=1S/C21H18F3N5O/c1-2-18(30)29-10-9-14(12-29)26-20-16-6-4-3-5-15(16)19(27-28-20)17-8-7-13(11-25-17)21(22,23)24/h2-8,11,14H,1,9-10,12H2,(H,26,28). The third-order valence-corrected chi connectivity index (χ3v) is 5.04. The van der Waals surface area contributed by atoms with Gasteiger partial charge in [-0.25, -0.2) is 0 Å². The van der Waals surface area contributed by atoms with Gasteiger partial charge < -0.3 is 10.2 Å². The lowest BCUT2D eigenvalue weighted by Gasteiger charge is -2.17. The topological polar surface area (TPSA) is 71.0 Å². The Morgan fingerprint density at radius 1 is 1.17 bits per heavy atom. The van der Waals surface area contributed by atoms with Crippen LogP contribution in [0.4, 0.5) is 19.0 Å². The van der Waals surface area contributed by atoms with Crippen LogP contribution in [0.3, 0.4) is 0 Å². The summed E-state index contributed by atoms with van der Waals surface area (Å²) in [4.78, 5) is 17.4. The van der Waals surface area contributed by atoms with Gasteiger partial charge in [-0.3, -0.25) is 9.78 Å². The second-order valence-corrected chi connectivity index (χ2v) is 6.99. The van der Waals surface area contributed by atoms with Crippen LogP contribution in [0.5, 0.6) is 0 Å². The zero-order valence-corrected chi connectivity index (χ0v) is 15.9. The molecule has 1 aromatic carbocycles. The van der Waals surface area contributed by atoms with Crippen molar-refractivity contribution >= 4 is 22.5 Å². The Morgan fingerprint density at radius 3 is 2.60 bits per heavy atom. The summed E-state index contributed by atoms with van der Waals surface area (Å²) < 4.78 is 38.4. The molecule has 1 atom stereocenters.